The zero-order chi connectivity index (χ0) is 12.6. The van der Waals surface area contributed by atoms with E-state index in [0.29, 0.717) is 18.4 Å². The van der Waals surface area contributed by atoms with Crippen molar-refractivity contribution in [3.8, 4) is 0 Å². The van der Waals surface area contributed by atoms with Crippen LogP contribution >= 0.6 is 12.4 Å². The number of anilines is 1. The average Bonchev–Trinajstić information content (AvgIpc) is 2.98. The molecule has 2 rings (SSSR count). The lowest BCUT2D eigenvalue weighted by Crippen LogP contribution is -2.16. The van der Waals surface area contributed by atoms with E-state index in [1.54, 1.807) is 7.05 Å². The van der Waals surface area contributed by atoms with Crippen LogP contribution in [-0.4, -0.2) is 20.7 Å². The van der Waals surface area contributed by atoms with Gasteiger partial charge in [0.1, 0.15) is 10.7 Å². The molecule has 4 nitrogen and oxygen atoms in total. The summed E-state index contributed by atoms with van der Waals surface area (Å²) in [5.74, 6) is -0.748. The number of benzene rings is 1. The number of nitrogens with one attached hydrogen (secondary N) is 1. The highest BCUT2D eigenvalue weighted by Crippen LogP contribution is 2.36. The summed E-state index contributed by atoms with van der Waals surface area (Å²) < 4.78 is 38.1. The minimum Gasteiger partial charge on any atom is -0.399 e. The third-order valence-electron chi connectivity index (χ3n) is 2.76. The lowest BCUT2D eigenvalue weighted by molar-refractivity contribution is 0.560. The summed E-state index contributed by atoms with van der Waals surface area (Å²) in [5, 5.41) is 2.40. The smallest absolute Gasteiger partial charge is 0.184 e. The second-order valence-corrected chi connectivity index (χ2v) is 6.43. The van der Waals surface area contributed by atoms with E-state index in [-0.39, 0.29) is 29.5 Å². The third-order valence-corrected chi connectivity index (χ3v) is 5.13. The molecule has 0 amide bonds. The Morgan fingerprint density at radius 2 is 2.06 bits per heavy atom. The molecule has 1 aliphatic carbocycles. The van der Waals surface area contributed by atoms with Crippen LogP contribution in [0.25, 0.3) is 0 Å². The Hall–Kier alpha value is -0.850. The molecule has 0 heterocycles. The van der Waals surface area contributed by atoms with Crippen LogP contribution in [0.5, 0.6) is 0 Å². The van der Waals surface area contributed by atoms with Crippen LogP contribution in [0.15, 0.2) is 17.0 Å². The van der Waals surface area contributed by atoms with Gasteiger partial charge in [0.25, 0.3) is 0 Å². The van der Waals surface area contributed by atoms with Crippen molar-refractivity contribution < 1.29 is 12.8 Å². The predicted molar refractivity (Wildman–Crippen MR) is 71.0 cm³/mol. The molecule has 1 aromatic rings. The van der Waals surface area contributed by atoms with Gasteiger partial charge in [-0.1, -0.05) is 0 Å². The second kappa shape index (κ2) is 5.42. The zero-order valence-electron chi connectivity index (χ0n) is 9.94. The van der Waals surface area contributed by atoms with E-state index < -0.39 is 20.9 Å². The van der Waals surface area contributed by atoms with Gasteiger partial charge in [-0.25, -0.2) is 12.8 Å². The first-order valence-corrected chi connectivity index (χ1v) is 6.98. The SMILES string of the molecule is CNCc1cc(N)cc(F)c1S(=O)(=O)C1CC1.Cl. The van der Waals surface area contributed by atoms with Crippen LogP contribution in [0, 0.1) is 5.82 Å². The average molecular weight is 295 g/mol. The van der Waals surface area contributed by atoms with Crippen molar-refractivity contribution in [3.05, 3.63) is 23.5 Å². The van der Waals surface area contributed by atoms with Crippen LogP contribution in [-0.2, 0) is 16.4 Å². The van der Waals surface area contributed by atoms with Gasteiger partial charge in [-0.3, -0.25) is 0 Å². The van der Waals surface area contributed by atoms with Gasteiger partial charge in [0, 0.05) is 12.2 Å². The van der Waals surface area contributed by atoms with E-state index >= 15 is 0 Å². The maximum Gasteiger partial charge on any atom is 0.184 e. The molecule has 0 aromatic heterocycles. The lowest BCUT2D eigenvalue weighted by Gasteiger charge is -2.12. The van der Waals surface area contributed by atoms with Gasteiger partial charge in [-0.15, -0.1) is 12.4 Å². The maximum atomic E-state index is 13.8. The Morgan fingerprint density at radius 3 is 2.56 bits per heavy atom. The third kappa shape index (κ3) is 2.76. The lowest BCUT2D eigenvalue weighted by atomic mass is 10.2. The molecule has 0 spiro atoms. The van der Waals surface area contributed by atoms with Gasteiger partial charge in [0.2, 0.25) is 0 Å². The van der Waals surface area contributed by atoms with Crippen molar-refractivity contribution >= 4 is 27.9 Å². The highest BCUT2D eigenvalue weighted by molar-refractivity contribution is 7.92. The van der Waals surface area contributed by atoms with Gasteiger partial charge in [-0.05, 0) is 37.6 Å². The van der Waals surface area contributed by atoms with Gasteiger partial charge in [0.05, 0.1) is 5.25 Å². The quantitative estimate of drug-likeness (QED) is 0.825. The highest BCUT2D eigenvalue weighted by atomic mass is 35.5. The van der Waals surface area contributed by atoms with E-state index in [4.69, 9.17) is 5.73 Å². The molecule has 18 heavy (non-hydrogen) atoms. The molecule has 1 fully saturated rings. The summed E-state index contributed by atoms with van der Waals surface area (Å²) in [5.41, 5.74) is 6.17. The van der Waals surface area contributed by atoms with E-state index in [1.807, 2.05) is 0 Å². The molecule has 0 saturated heterocycles. The molecule has 1 aromatic carbocycles. The molecular weight excluding hydrogens is 279 g/mol. The molecule has 0 aliphatic heterocycles. The number of sulfone groups is 1. The normalized spacial score (nSPS) is 15.2. The Kier molecular flexibility index (Phi) is 4.58. The van der Waals surface area contributed by atoms with E-state index in [2.05, 4.69) is 5.32 Å². The minimum absolute atomic E-state index is 0. The number of nitrogen functional groups attached to an aromatic ring is 1. The summed E-state index contributed by atoms with van der Waals surface area (Å²) >= 11 is 0. The summed E-state index contributed by atoms with van der Waals surface area (Å²) in [4.78, 5) is -0.191. The van der Waals surface area contributed by atoms with Crippen molar-refractivity contribution in [2.24, 2.45) is 0 Å². The first-order valence-electron chi connectivity index (χ1n) is 5.43. The first kappa shape index (κ1) is 15.2. The van der Waals surface area contributed by atoms with Crippen LogP contribution in [0.3, 0.4) is 0 Å². The molecule has 3 N–H and O–H groups in total. The second-order valence-electron chi connectivity index (χ2n) is 4.27. The fraction of sp³-hybridized carbons (Fsp3) is 0.455. The van der Waals surface area contributed by atoms with Crippen molar-refractivity contribution in [1.29, 1.82) is 0 Å². The van der Waals surface area contributed by atoms with E-state index in [1.165, 1.54) is 6.07 Å². The molecule has 1 saturated carbocycles. The Balaban J connectivity index is 0.00000162. The molecule has 1 aliphatic rings. The molecule has 7 heteroatoms. The fourth-order valence-corrected chi connectivity index (χ4v) is 3.78. The van der Waals surface area contributed by atoms with Crippen LogP contribution < -0.4 is 11.1 Å². The van der Waals surface area contributed by atoms with Gasteiger partial charge in [0.15, 0.2) is 9.84 Å². The Labute approximate surface area is 112 Å². The van der Waals surface area contributed by atoms with Crippen LogP contribution in [0.4, 0.5) is 10.1 Å². The minimum atomic E-state index is -3.54. The number of rotatable bonds is 4. The number of nitrogens with two attached hydrogens (primary N) is 1. The monoisotopic (exact) mass is 294 g/mol. The first-order chi connectivity index (χ1) is 7.96. The highest BCUT2D eigenvalue weighted by Gasteiger charge is 2.39. The fourth-order valence-electron chi connectivity index (χ4n) is 1.86. The molecule has 0 unspecified atom stereocenters. The van der Waals surface area contributed by atoms with Gasteiger partial charge < -0.3 is 11.1 Å². The summed E-state index contributed by atoms with van der Waals surface area (Å²) in [6.45, 7) is 0.281. The van der Waals surface area contributed by atoms with Crippen molar-refractivity contribution in [3.63, 3.8) is 0 Å². The number of hydrogen-bond donors (Lipinski definition) is 2. The topological polar surface area (TPSA) is 72.2 Å². The molecule has 0 atom stereocenters. The number of hydrogen-bond acceptors (Lipinski definition) is 4. The molecular formula is C11H16ClFN2O2S. The van der Waals surface area contributed by atoms with Crippen LogP contribution in [0.1, 0.15) is 18.4 Å². The Morgan fingerprint density at radius 1 is 1.44 bits per heavy atom. The van der Waals surface area contributed by atoms with Gasteiger partial charge >= 0.3 is 0 Å². The van der Waals surface area contributed by atoms with Crippen LogP contribution in [0.2, 0.25) is 0 Å². The van der Waals surface area contributed by atoms with Crippen molar-refractivity contribution in [1.82, 2.24) is 5.32 Å². The van der Waals surface area contributed by atoms with Crippen molar-refractivity contribution in [2.75, 3.05) is 12.8 Å². The zero-order valence-corrected chi connectivity index (χ0v) is 11.6. The van der Waals surface area contributed by atoms with E-state index in [9.17, 15) is 12.8 Å². The maximum absolute atomic E-state index is 13.8. The van der Waals surface area contributed by atoms with E-state index in [0.717, 1.165) is 6.07 Å². The summed E-state index contributed by atoms with van der Waals surface area (Å²) in [6, 6.07) is 2.57. The molecule has 102 valence electrons. The number of halogens is 2. The van der Waals surface area contributed by atoms with Crippen molar-refractivity contribution in [2.45, 2.75) is 29.5 Å². The molecule has 0 bridgehead atoms. The Bertz CT molecular complexity index is 544. The standard InChI is InChI=1S/C11H15FN2O2S.ClH/c1-14-6-7-4-8(13)5-10(12)11(7)17(15,16)9-2-3-9;/h4-5,9,14H,2-3,6,13H2,1H3;1H. The predicted octanol–water partition coefficient (Wildman–Crippen LogP) is 1.49. The summed E-state index contributed by atoms with van der Waals surface area (Å²) in [6.07, 6.45) is 1.23. The summed E-state index contributed by atoms with van der Waals surface area (Å²) in [7, 11) is -1.86. The largest absolute Gasteiger partial charge is 0.399 e. The van der Waals surface area contributed by atoms with Gasteiger partial charge in [-0.2, -0.15) is 0 Å². The molecule has 0 radical (unpaired) electrons.